The largest absolute Gasteiger partial charge is 0.419 e. The smallest absolute Gasteiger partial charge is 0.379 e. The highest BCUT2D eigenvalue weighted by Gasteiger charge is 2.32. The van der Waals surface area contributed by atoms with E-state index in [1.165, 1.54) is 0 Å². The van der Waals surface area contributed by atoms with Gasteiger partial charge in [0.25, 0.3) is 0 Å². The van der Waals surface area contributed by atoms with Gasteiger partial charge in [-0.1, -0.05) is 0 Å². The summed E-state index contributed by atoms with van der Waals surface area (Å²) in [5.74, 6) is 1.21. The second-order valence-electron chi connectivity index (χ2n) is 6.31. The average Bonchev–Trinajstić information content (AvgIpc) is 3.00. The molecular formula is C16H21F3N6O. The molecule has 1 aliphatic heterocycles. The van der Waals surface area contributed by atoms with Crippen molar-refractivity contribution >= 4 is 5.95 Å². The molecule has 0 saturated heterocycles. The summed E-state index contributed by atoms with van der Waals surface area (Å²) < 4.78 is 45.4. The minimum atomic E-state index is -4.43. The molecule has 3 heterocycles. The van der Waals surface area contributed by atoms with E-state index in [1.807, 2.05) is 11.8 Å². The molecule has 0 aliphatic carbocycles. The molecule has 0 fully saturated rings. The predicted octanol–water partition coefficient (Wildman–Crippen LogP) is 1.62. The van der Waals surface area contributed by atoms with Crippen LogP contribution in [0.3, 0.4) is 0 Å². The Balaban J connectivity index is 1.62. The number of alkyl halides is 3. The lowest BCUT2D eigenvalue weighted by molar-refractivity contribution is -0.138. The topological polar surface area (TPSA) is 82.1 Å². The van der Waals surface area contributed by atoms with Crippen LogP contribution in [0.25, 0.3) is 0 Å². The third kappa shape index (κ3) is 4.31. The van der Waals surface area contributed by atoms with Gasteiger partial charge in [0.05, 0.1) is 37.2 Å². The van der Waals surface area contributed by atoms with Crippen LogP contribution in [0.1, 0.15) is 24.0 Å². The number of nitrogens with zero attached hydrogens (tertiary/aromatic N) is 5. The molecule has 3 rings (SSSR count). The minimum absolute atomic E-state index is 0.00137. The summed E-state index contributed by atoms with van der Waals surface area (Å²) in [5.41, 5.74) is 5.77. The second-order valence-corrected chi connectivity index (χ2v) is 6.31. The van der Waals surface area contributed by atoms with Crippen molar-refractivity contribution in [3.63, 3.8) is 0 Å². The summed E-state index contributed by atoms with van der Waals surface area (Å²) in [7, 11) is 0. The molecule has 7 nitrogen and oxygen atoms in total. The maximum absolute atomic E-state index is 12.6. The Morgan fingerprint density at radius 3 is 2.58 bits per heavy atom. The van der Waals surface area contributed by atoms with Gasteiger partial charge in [-0.15, -0.1) is 0 Å². The number of ether oxygens (including phenoxy) is 1. The fourth-order valence-corrected chi connectivity index (χ4v) is 2.78. The van der Waals surface area contributed by atoms with E-state index < -0.39 is 11.7 Å². The zero-order valence-electron chi connectivity index (χ0n) is 14.4. The van der Waals surface area contributed by atoms with Crippen LogP contribution in [0.15, 0.2) is 18.6 Å². The zero-order chi connectivity index (χ0) is 18.7. The van der Waals surface area contributed by atoms with Gasteiger partial charge in [0.2, 0.25) is 5.95 Å². The summed E-state index contributed by atoms with van der Waals surface area (Å²) >= 11 is 0. The Morgan fingerprint density at radius 1 is 1.19 bits per heavy atom. The van der Waals surface area contributed by atoms with E-state index in [0.717, 1.165) is 23.9 Å². The van der Waals surface area contributed by atoms with Crippen LogP contribution in [0, 0.1) is 0 Å². The summed E-state index contributed by atoms with van der Waals surface area (Å²) in [6.07, 6.45) is -0.344. The quantitative estimate of drug-likeness (QED) is 0.778. The average molecular weight is 370 g/mol. The fourth-order valence-electron chi connectivity index (χ4n) is 2.78. The van der Waals surface area contributed by atoms with Gasteiger partial charge < -0.3 is 19.9 Å². The van der Waals surface area contributed by atoms with Crippen molar-refractivity contribution in [1.29, 1.82) is 0 Å². The van der Waals surface area contributed by atoms with Crippen molar-refractivity contribution in [2.75, 3.05) is 24.7 Å². The molecule has 26 heavy (non-hydrogen) atoms. The standard InChI is InChI=1S/C16H21F3N6O/c1-11(20)10-26-5-2-14-21-8-13-9-24(3-4-25(13)14)15-22-6-12(7-23-15)16(17,18)19/h6-8,11H,2-5,9-10,20H2,1H3/t11-/m0/s1. The number of anilines is 1. The number of rotatable bonds is 6. The number of nitrogens with two attached hydrogens (primary N) is 1. The molecular weight excluding hydrogens is 349 g/mol. The highest BCUT2D eigenvalue weighted by Crippen LogP contribution is 2.28. The molecule has 0 saturated carbocycles. The van der Waals surface area contributed by atoms with Gasteiger partial charge in [0.1, 0.15) is 5.82 Å². The van der Waals surface area contributed by atoms with Crippen LogP contribution in [0.4, 0.5) is 19.1 Å². The molecule has 2 N–H and O–H groups in total. The minimum Gasteiger partial charge on any atom is -0.379 e. The third-order valence-corrected chi connectivity index (χ3v) is 4.07. The normalized spacial score (nSPS) is 15.8. The molecule has 10 heteroatoms. The highest BCUT2D eigenvalue weighted by atomic mass is 19.4. The van der Waals surface area contributed by atoms with Crippen LogP contribution in [0.5, 0.6) is 0 Å². The molecule has 0 unspecified atom stereocenters. The van der Waals surface area contributed by atoms with Crippen LogP contribution in [-0.4, -0.2) is 45.3 Å². The Hall–Kier alpha value is -2.20. The van der Waals surface area contributed by atoms with E-state index in [0.29, 0.717) is 39.3 Å². The van der Waals surface area contributed by atoms with Gasteiger partial charge in [0.15, 0.2) is 0 Å². The summed E-state index contributed by atoms with van der Waals surface area (Å²) in [5, 5.41) is 0. The number of fused-ring (bicyclic) bond motifs is 1. The molecule has 0 aromatic carbocycles. The monoisotopic (exact) mass is 370 g/mol. The van der Waals surface area contributed by atoms with E-state index in [9.17, 15) is 13.2 Å². The van der Waals surface area contributed by atoms with Gasteiger partial charge in [0, 0.05) is 37.9 Å². The lowest BCUT2D eigenvalue weighted by atomic mass is 10.3. The van der Waals surface area contributed by atoms with E-state index in [1.54, 1.807) is 6.20 Å². The third-order valence-electron chi connectivity index (χ3n) is 4.07. The number of imidazole rings is 1. The van der Waals surface area contributed by atoms with E-state index in [-0.39, 0.29) is 12.0 Å². The Labute approximate surface area is 149 Å². The van der Waals surface area contributed by atoms with Gasteiger partial charge in [-0.05, 0) is 6.92 Å². The molecule has 2 aromatic rings. The molecule has 0 radical (unpaired) electrons. The molecule has 0 bridgehead atoms. The molecule has 1 aliphatic rings. The molecule has 0 spiro atoms. The van der Waals surface area contributed by atoms with Crippen molar-refractivity contribution in [3.8, 4) is 0 Å². The first-order valence-electron chi connectivity index (χ1n) is 8.35. The summed E-state index contributed by atoms with van der Waals surface area (Å²) in [6.45, 7) is 4.70. The van der Waals surface area contributed by atoms with Gasteiger partial charge in [-0.2, -0.15) is 13.2 Å². The fraction of sp³-hybridized carbons (Fsp3) is 0.562. The van der Waals surface area contributed by atoms with Crippen molar-refractivity contribution in [3.05, 3.63) is 35.7 Å². The van der Waals surface area contributed by atoms with Gasteiger partial charge in [-0.3, -0.25) is 0 Å². The Morgan fingerprint density at radius 2 is 1.92 bits per heavy atom. The highest BCUT2D eigenvalue weighted by molar-refractivity contribution is 5.33. The van der Waals surface area contributed by atoms with Crippen LogP contribution in [0.2, 0.25) is 0 Å². The first-order chi connectivity index (χ1) is 12.3. The van der Waals surface area contributed by atoms with Crippen LogP contribution >= 0.6 is 0 Å². The number of hydrogen-bond acceptors (Lipinski definition) is 6. The lowest BCUT2D eigenvalue weighted by Gasteiger charge is -2.29. The molecule has 0 amide bonds. The summed E-state index contributed by atoms with van der Waals surface area (Å²) in [4.78, 5) is 14.0. The molecule has 1 atom stereocenters. The van der Waals surface area contributed by atoms with E-state index in [2.05, 4.69) is 19.5 Å². The molecule has 2 aromatic heterocycles. The van der Waals surface area contributed by atoms with Crippen molar-refractivity contribution in [2.45, 2.75) is 38.7 Å². The number of hydrogen-bond donors (Lipinski definition) is 1. The number of halogens is 3. The Kier molecular flexibility index (Phi) is 5.42. The lowest BCUT2D eigenvalue weighted by Crippen LogP contribution is -2.35. The van der Waals surface area contributed by atoms with Crippen molar-refractivity contribution < 1.29 is 17.9 Å². The van der Waals surface area contributed by atoms with Crippen molar-refractivity contribution in [1.82, 2.24) is 19.5 Å². The van der Waals surface area contributed by atoms with E-state index in [4.69, 9.17) is 10.5 Å². The second kappa shape index (κ2) is 7.58. The SMILES string of the molecule is C[C@H](N)COCCc1ncc2n1CCN(c1ncc(C(F)(F)F)cn1)C2. The zero-order valence-corrected chi connectivity index (χ0v) is 14.4. The maximum atomic E-state index is 12.6. The maximum Gasteiger partial charge on any atom is 0.419 e. The van der Waals surface area contributed by atoms with Crippen LogP contribution < -0.4 is 10.6 Å². The van der Waals surface area contributed by atoms with Gasteiger partial charge >= 0.3 is 6.18 Å². The number of aromatic nitrogens is 4. The summed E-state index contributed by atoms with van der Waals surface area (Å²) in [6, 6.07) is 0.00137. The van der Waals surface area contributed by atoms with Crippen molar-refractivity contribution in [2.24, 2.45) is 5.73 Å². The first kappa shape index (κ1) is 18.6. The predicted molar refractivity (Wildman–Crippen MR) is 88.5 cm³/mol. The molecule has 142 valence electrons. The Bertz CT molecular complexity index is 729. The van der Waals surface area contributed by atoms with Crippen LogP contribution in [-0.2, 0) is 30.4 Å². The van der Waals surface area contributed by atoms with Gasteiger partial charge in [-0.25, -0.2) is 15.0 Å². The van der Waals surface area contributed by atoms with E-state index >= 15 is 0 Å². The first-order valence-corrected chi connectivity index (χ1v) is 8.35.